The van der Waals surface area contributed by atoms with Crippen molar-refractivity contribution in [1.82, 2.24) is 15.0 Å². The molecule has 0 radical (unpaired) electrons. The Balaban J connectivity index is 1.61. The van der Waals surface area contributed by atoms with Crippen molar-refractivity contribution in [1.29, 1.82) is 0 Å². The average Bonchev–Trinajstić information content (AvgIpc) is 2.86. The van der Waals surface area contributed by atoms with Crippen LogP contribution >= 0.6 is 0 Å². The van der Waals surface area contributed by atoms with Crippen LogP contribution in [0.4, 0.5) is 0 Å². The molecule has 0 atom stereocenters. The first-order chi connectivity index (χ1) is 9.76. The van der Waals surface area contributed by atoms with E-state index in [1.807, 2.05) is 4.68 Å². The monoisotopic (exact) mass is 273 g/mol. The minimum Gasteiger partial charge on any atom is -0.292 e. The summed E-state index contributed by atoms with van der Waals surface area (Å²) < 4.78 is 1.81. The number of Topliss-reactive ketones (excluding diaryl/α,β-unsaturated/α-hetero) is 1. The number of carbonyl (C=O) groups excluding carboxylic acids is 1. The third kappa shape index (κ3) is 1.84. The third-order valence-corrected chi connectivity index (χ3v) is 5.84. The van der Waals surface area contributed by atoms with E-state index in [0.717, 1.165) is 30.5 Å². The smallest absolute Gasteiger partial charge is 0.186 e. The van der Waals surface area contributed by atoms with Crippen molar-refractivity contribution in [2.75, 3.05) is 0 Å². The number of ketones is 1. The van der Waals surface area contributed by atoms with Gasteiger partial charge in [-0.05, 0) is 62.2 Å². The Morgan fingerprint density at radius 1 is 1.20 bits per heavy atom. The molecule has 4 nitrogen and oxygen atoms in total. The molecule has 0 saturated heterocycles. The fourth-order valence-electron chi connectivity index (χ4n) is 5.35. The van der Waals surface area contributed by atoms with Gasteiger partial charge in [-0.3, -0.25) is 4.79 Å². The van der Waals surface area contributed by atoms with Gasteiger partial charge in [0.15, 0.2) is 5.78 Å². The Hall–Kier alpha value is -1.19. The van der Waals surface area contributed by atoms with Crippen LogP contribution < -0.4 is 0 Å². The van der Waals surface area contributed by atoms with Gasteiger partial charge in [-0.15, -0.1) is 5.10 Å². The zero-order valence-electron chi connectivity index (χ0n) is 12.2. The molecule has 1 aromatic heterocycles. The van der Waals surface area contributed by atoms with Crippen molar-refractivity contribution in [2.24, 2.45) is 29.6 Å². The minimum absolute atomic E-state index is 0.261. The quantitative estimate of drug-likeness (QED) is 0.792. The van der Waals surface area contributed by atoms with E-state index < -0.39 is 0 Å². The van der Waals surface area contributed by atoms with Crippen LogP contribution in [0.2, 0.25) is 0 Å². The highest BCUT2D eigenvalue weighted by Crippen LogP contribution is 2.57. The molecular formula is C16H23N3O. The van der Waals surface area contributed by atoms with E-state index in [1.165, 1.54) is 32.1 Å². The lowest BCUT2D eigenvalue weighted by atomic mass is 9.51. The maximum atomic E-state index is 13.0. The molecule has 0 aliphatic heterocycles. The molecule has 20 heavy (non-hydrogen) atoms. The first-order valence-electron chi connectivity index (χ1n) is 8.19. The van der Waals surface area contributed by atoms with Gasteiger partial charge in [-0.2, -0.15) is 0 Å². The zero-order chi connectivity index (χ0) is 13.7. The van der Waals surface area contributed by atoms with Crippen molar-refractivity contribution >= 4 is 5.78 Å². The number of aromatic nitrogens is 3. The van der Waals surface area contributed by atoms with Crippen molar-refractivity contribution in [3.8, 4) is 0 Å². The summed E-state index contributed by atoms with van der Waals surface area (Å²) in [6.45, 7) is 2.91. The van der Waals surface area contributed by atoms with Crippen LogP contribution in [0.25, 0.3) is 0 Å². The van der Waals surface area contributed by atoms with E-state index in [9.17, 15) is 4.79 Å². The molecule has 4 aliphatic carbocycles. The lowest BCUT2D eigenvalue weighted by molar-refractivity contribution is -0.0255. The molecule has 4 saturated carbocycles. The van der Waals surface area contributed by atoms with Crippen LogP contribution in [0.1, 0.15) is 55.9 Å². The molecule has 0 spiro atoms. The van der Waals surface area contributed by atoms with Crippen LogP contribution in [0.5, 0.6) is 0 Å². The van der Waals surface area contributed by atoms with E-state index in [0.29, 0.717) is 17.6 Å². The lowest BCUT2D eigenvalue weighted by Gasteiger charge is -2.53. The van der Waals surface area contributed by atoms with Gasteiger partial charge < -0.3 is 0 Å². The molecule has 0 aromatic carbocycles. The van der Waals surface area contributed by atoms with Crippen LogP contribution in [-0.2, 0) is 6.54 Å². The summed E-state index contributed by atoms with van der Waals surface area (Å²) in [6.07, 6.45) is 9.27. The Labute approximate surface area is 119 Å². The molecule has 5 rings (SSSR count). The van der Waals surface area contributed by atoms with Gasteiger partial charge in [0.1, 0.15) is 5.69 Å². The second-order valence-electron chi connectivity index (χ2n) is 7.16. The second-order valence-corrected chi connectivity index (χ2v) is 7.16. The molecule has 0 N–H and O–H groups in total. The van der Waals surface area contributed by atoms with E-state index in [2.05, 4.69) is 17.2 Å². The summed E-state index contributed by atoms with van der Waals surface area (Å²) in [5, 5.41) is 8.05. The van der Waals surface area contributed by atoms with Crippen LogP contribution in [0.3, 0.4) is 0 Å². The van der Waals surface area contributed by atoms with Crippen molar-refractivity contribution < 1.29 is 4.79 Å². The minimum atomic E-state index is 0.261. The molecule has 4 heteroatoms. The lowest BCUT2D eigenvalue weighted by Crippen LogP contribution is -2.48. The average molecular weight is 273 g/mol. The number of nitrogens with zero attached hydrogens (tertiary/aromatic N) is 3. The van der Waals surface area contributed by atoms with Crippen LogP contribution in [0.15, 0.2) is 6.20 Å². The van der Waals surface area contributed by atoms with E-state index in [-0.39, 0.29) is 5.92 Å². The van der Waals surface area contributed by atoms with E-state index >= 15 is 0 Å². The number of hydrogen-bond acceptors (Lipinski definition) is 3. The predicted molar refractivity (Wildman–Crippen MR) is 75.2 cm³/mol. The maximum Gasteiger partial charge on any atom is 0.186 e. The first kappa shape index (κ1) is 12.5. The second kappa shape index (κ2) is 4.68. The molecule has 0 unspecified atom stereocenters. The van der Waals surface area contributed by atoms with Gasteiger partial charge in [-0.25, -0.2) is 4.68 Å². The summed E-state index contributed by atoms with van der Waals surface area (Å²) in [7, 11) is 0. The molecule has 4 fully saturated rings. The van der Waals surface area contributed by atoms with Crippen LogP contribution in [0, 0.1) is 29.6 Å². The fourth-order valence-corrected chi connectivity index (χ4v) is 5.35. The number of carbonyl (C=O) groups is 1. The maximum absolute atomic E-state index is 13.0. The highest BCUT2D eigenvalue weighted by Gasteiger charge is 2.51. The van der Waals surface area contributed by atoms with Crippen molar-refractivity contribution in [3.63, 3.8) is 0 Å². The van der Waals surface area contributed by atoms with Gasteiger partial charge in [-0.1, -0.05) is 12.1 Å². The molecule has 4 bridgehead atoms. The largest absolute Gasteiger partial charge is 0.292 e. The molecular weight excluding hydrogens is 250 g/mol. The highest BCUT2D eigenvalue weighted by atomic mass is 16.1. The summed E-state index contributed by atoms with van der Waals surface area (Å²) in [5.74, 6) is 3.71. The summed E-state index contributed by atoms with van der Waals surface area (Å²) >= 11 is 0. The SMILES string of the molecule is CCCn1nncc1C(=O)C1C2CC3CC(C2)CC1C3. The normalized spacial score (nSPS) is 38.4. The fraction of sp³-hybridized carbons (Fsp3) is 0.812. The summed E-state index contributed by atoms with van der Waals surface area (Å²) in [6, 6.07) is 0. The van der Waals surface area contributed by atoms with Gasteiger partial charge in [0.2, 0.25) is 0 Å². The van der Waals surface area contributed by atoms with E-state index in [1.54, 1.807) is 6.20 Å². The topological polar surface area (TPSA) is 47.8 Å². The van der Waals surface area contributed by atoms with Crippen LogP contribution in [-0.4, -0.2) is 20.8 Å². The number of aryl methyl sites for hydroxylation is 1. The predicted octanol–water partition coefficient (Wildman–Crippen LogP) is 2.94. The Morgan fingerprint density at radius 2 is 1.85 bits per heavy atom. The Morgan fingerprint density at radius 3 is 2.45 bits per heavy atom. The molecule has 1 aromatic rings. The van der Waals surface area contributed by atoms with Crippen molar-refractivity contribution in [3.05, 3.63) is 11.9 Å². The van der Waals surface area contributed by atoms with Crippen molar-refractivity contribution in [2.45, 2.75) is 52.0 Å². The number of rotatable bonds is 4. The molecule has 1 heterocycles. The summed E-state index contributed by atoms with van der Waals surface area (Å²) in [4.78, 5) is 13.0. The molecule has 4 aliphatic rings. The highest BCUT2D eigenvalue weighted by molar-refractivity contribution is 5.96. The van der Waals surface area contributed by atoms with Gasteiger partial charge in [0.25, 0.3) is 0 Å². The first-order valence-corrected chi connectivity index (χ1v) is 8.19. The van der Waals surface area contributed by atoms with Gasteiger partial charge >= 0.3 is 0 Å². The van der Waals surface area contributed by atoms with E-state index in [4.69, 9.17) is 0 Å². The molecule has 108 valence electrons. The number of hydrogen-bond donors (Lipinski definition) is 0. The Bertz CT molecular complexity index is 494. The molecule has 0 amide bonds. The zero-order valence-corrected chi connectivity index (χ0v) is 12.2. The van der Waals surface area contributed by atoms with Gasteiger partial charge in [0, 0.05) is 12.5 Å². The van der Waals surface area contributed by atoms with Gasteiger partial charge in [0.05, 0.1) is 6.20 Å². The Kier molecular flexibility index (Phi) is 2.93. The standard InChI is InChI=1S/C16H23N3O/c1-2-3-19-14(9-17-18-19)16(20)15-12-5-10-4-11(7-12)8-13(15)6-10/h9-13,15H,2-8H2,1H3. The summed E-state index contributed by atoms with van der Waals surface area (Å²) in [5.41, 5.74) is 0.754. The third-order valence-electron chi connectivity index (χ3n) is 5.84.